The van der Waals surface area contributed by atoms with E-state index in [0.717, 1.165) is 6.21 Å². The second kappa shape index (κ2) is 3.97. The quantitative estimate of drug-likeness (QED) is 0.355. The molecule has 0 aliphatic carbocycles. The van der Waals surface area contributed by atoms with Crippen LogP contribution in [-0.4, -0.2) is 6.21 Å². The maximum atomic E-state index is 6.40. The zero-order valence-electron chi connectivity index (χ0n) is 3.31. The summed E-state index contributed by atoms with van der Waals surface area (Å²) in [7, 11) is 0. The van der Waals surface area contributed by atoms with Gasteiger partial charge >= 0.3 is 0 Å². The van der Waals surface area contributed by atoms with E-state index in [4.69, 9.17) is 11.8 Å². The molecule has 0 fully saturated rings. The summed E-state index contributed by atoms with van der Waals surface area (Å²) in [5, 5.41) is 6.40. The molecule has 0 aromatic heterocycles. The van der Waals surface area contributed by atoms with Crippen LogP contribution < -0.4 is 0 Å². The molecule has 6 heavy (non-hydrogen) atoms. The molecule has 0 atom stereocenters. The predicted octanol–water partition coefficient (Wildman–Crippen LogP) is 0.825. The Hall–Kier alpha value is -1.03. The minimum Gasteiger partial charge on any atom is -0.309 e. The Morgan fingerprint density at radius 3 is 2.50 bits per heavy atom. The van der Waals surface area contributed by atoms with E-state index in [-0.39, 0.29) is 0 Å². The fraction of sp³-hybridized carbons (Fsp3) is 0. The molecular weight excluding hydrogens is 74.1 g/mol. The number of hydrogen-bond donors (Lipinski definition) is 1. The molecule has 1 N–H and O–H groups in total. The highest BCUT2D eigenvalue weighted by Crippen LogP contribution is 1.57. The molecule has 0 heterocycles. The molecule has 0 saturated heterocycles. The van der Waals surface area contributed by atoms with Gasteiger partial charge in [-0.25, -0.2) is 0 Å². The molecule has 0 aromatic carbocycles. The first-order valence-electron chi connectivity index (χ1n) is 1.53. The van der Waals surface area contributed by atoms with E-state index in [0.29, 0.717) is 0 Å². The summed E-state index contributed by atoms with van der Waals surface area (Å²) in [6.45, 7) is 0. The van der Waals surface area contributed by atoms with Crippen LogP contribution in [0.3, 0.4) is 0 Å². The fourth-order valence-electron chi connectivity index (χ4n) is 0.104. The highest BCUT2D eigenvalue weighted by molar-refractivity contribution is 5.68. The van der Waals surface area contributed by atoms with E-state index >= 15 is 0 Å². The van der Waals surface area contributed by atoms with Crippen molar-refractivity contribution in [3.8, 4) is 12.3 Å². The number of rotatable bonds is 1. The van der Waals surface area contributed by atoms with Crippen molar-refractivity contribution in [3.05, 3.63) is 12.2 Å². The maximum absolute atomic E-state index is 6.40. The third kappa shape index (κ3) is 2.97. The van der Waals surface area contributed by atoms with Gasteiger partial charge in [0.15, 0.2) is 0 Å². The van der Waals surface area contributed by atoms with Crippen LogP contribution in [0.25, 0.3) is 0 Å². The Kier molecular flexibility index (Phi) is 3.29. The van der Waals surface area contributed by atoms with Crippen LogP contribution in [0.1, 0.15) is 0 Å². The van der Waals surface area contributed by atoms with Crippen molar-refractivity contribution < 1.29 is 0 Å². The third-order valence-corrected chi connectivity index (χ3v) is 0.289. The van der Waals surface area contributed by atoms with Crippen molar-refractivity contribution in [1.82, 2.24) is 0 Å². The van der Waals surface area contributed by atoms with Crippen LogP contribution in [0.15, 0.2) is 12.2 Å². The van der Waals surface area contributed by atoms with Gasteiger partial charge in [-0.3, -0.25) is 0 Å². The number of terminal acetylenes is 1. The van der Waals surface area contributed by atoms with E-state index < -0.39 is 0 Å². The summed E-state index contributed by atoms with van der Waals surface area (Å²) in [4.78, 5) is 0. The number of nitrogens with one attached hydrogen (secondary N) is 1. The highest BCUT2D eigenvalue weighted by atomic mass is 14.3. The van der Waals surface area contributed by atoms with Crippen molar-refractivity contribution >= 4 is 6.21 Å². The number of allylic oxidation sites excluding steroid dienone is 2. The molecule has 1 nitrogen and oxygen atoms in total. The SMILES string of the molecule is C#C/C=C/C=N. The van der Waals surface area contributed by atoms with Gasteiger partial charge in [-0.2, -0.15) is 0 Å². The smallest absolute Gasteiger partial charge is 0.0184 e. The summed E-state index contributed by atoms with van der Waals surface area (Å²) in [6.07, 6.45) is 8.86. The summed E-state index contributed by atoms with van der Waals surface area (Å²) in [5.41, 5.74) is 0. The van der Waals surface area contributed by atoms with Gasteiger partial charge < -0.3 is 5.41 Å². The van der Waals surface area contributed by atoms with Gasteiger partial charge in [0.05, 0.1) is 0 Å². The average molecular weight is 79.1 g/mol. The van der Waals surface area contributed by atoms with Crippen molar-refractivity contribution in [2.24, 2.45) is 0 Å². The zero-order valence-corrected chi connectivity index (χ0v) is 3.31. The zero-order chi connectivity index (χ0) is 4.83. The van der Waals surface area contributed by atoms with E-state index in [1.54, 1.807) is 0 Å². The molecule has 0 rings (SSSR count). The van der Waals surface area contributed by atoms with Gasteiger partial charge in [-0.05, 0) is 12.2 Å². The van der Waals surface area contributed by atoms with Gasteiger partial charge in [0, 0.05) is 6.21 Å². The van der Waals surface area contributed by atoms with E-state index in [2.05, 4.69) is 5.92 Å². The van der Waals surface area contributed by atoms with E-state index in [1.807, 2.05) is 0 Å². The van der Waals surface area contributed by atoms with Gasteiger partial charge in [0.25, 0.3) is 0 Å². The largest absolute Gasteiger partial charge is 0.309 e. The highest BCUT2D eigenvalue weighted by Gasteiger charge is 1.48. The molecule has 1 heteroatoms. The summed E-state index contributed by atoms with van der Waals surface area (Å²) < 4.78 is 0. The van der Waals surface area contributed by atoms with Crippen molar-refractivity contribution in [1.29, 1.82) is 5.41 Å². The van der Waals surface area contributed by atoms with Crippen LogP contribution in [0.2, 0.25) is 0 Å². The lowest BCUT2D eigenvalue weighted by Crippen LogP contribution is -1.51. The molecule has 0 aliphatic heterocycles. The fourth-order valence-corrected chi connectivity index (χ4v) is 0.104. The van der Waals surface area contributed by atoms with Crippen molar-refractivity contribution in [3.63, 3.8) is 0 Å². The Labute approximate surface area is 37.2 Å². The second-order valence-corrected chi connectivity index (χ2v) is 0.692. The topological polar surface area (TPSA) is 23.9 Å². The maximum Gasteiger partial charge on any atom is 0.0184 e. The molecule has 0 radical (unpaired) electrons. The van der Waals surface area contributed by atoms with Crippen LogP contribution in [0.4, 0.5) is 0 Å². The van der Waals surface area contributed by atoms with Gasteiger partial charge in [0.2, 0.25) is 0 Å². The monoisotopic (exact) mass is 79.0 g/mol. The Morgan fingerprint density at radius 2 is 2.33 bits per heavy atom. The standard InChI is InChI=1S/C5H5N/c1-2-3-4-5-6/h1,3-6H/b4-3+,6-5?. The first kappa shape index (κ1) is 4.97. The summed E-state index contributed by atoms with van der Waals surface area (Å²) in [5.74, 6) is 2.24. The lowest BCUT2D eigenvalue weighted by Gasteiger charge is -1.56. The summed E-state index contributed by atoms with van der Waals surface area (Å²) >= 11 is 0. The predicted molar refractivity (Wildman–Crippen MR) is 26.8 cm³/mol. The van der Waals surface area contributed by atoms with Crippen molar-refractivity contribution in [2.75, 3.05) is 0 Å². The normalized spacial score (nSPS) is 7.83. The molecular formula is C5H5N. The summed E-state index contributed by atoms with van der Waals surface area (Å²) in [6, 6.07) is 0. The van der Waals surface area contributed by atoms with E-state index in [1.165, 1.54) is 12.2 Å². The Bertz CT molecular complexity index is 95.0. The van der Waals surface area contributed by atoms with Gasteiger partial charge in [0.1, 0.15) is 0 Å². The molecule has 30 valence electrons. The van der Waals surface area contributed by atoms with Gasteiger partial charge in [-0.1, -0.05) is 5.92 Å². The molecule has 0 aliphatic rings. The lowest BCUT2D eigenvalue weighted by atomic mass is 10.5. The van der Waals surface area contributed by atoms with Crippen LogP contribution in [0.5, 0.6) is 0 Å². The Morgan fingerprint density at radius 1 is 1.67 bits per heavy atom. The van der Waals surface area contributed by atoms with Crippen LogP contribution >= 0.6 is 0 Å². The lowest BCUT2D eigenvalue weighted by molar-refractivity contribution is 1.58. The van der Waals surface area contributed by atoms with Crippen molar-refractivity contribution in [2.45, 2.75) is 0 Å². The molecule has 0 amide bonds. The minimum atomic E-state index is 1.14. The van der Waals surface area contributed by atoms with Crippen LogP contribution in [-0.2, 0) is 0 Å². The first-order chi connectivity index (χ1) is 2.91. The average Bonchev–Trinajstić information content (AvgIpc) is 1.61. The van der Waals surface area contributed by atoms with E-state index in [9.17, 15) is 0 Å². The second-order valence-electron chi connectivity index (χ2n) is 0.692. The first-order valence-corrected chi connectivity index (χ1v) is 1.53. The third-order valence-electron chi connectivity index (χ3n) is 0.289. The molecule has 0 saturated carbocycles. The number of hydrogen-bond acceptors (Lipinski definition) is 1. The van der Waals surface area contributed by atoms with Crippen LogP contribution in [0, 0.1) is 17.8 Å². The molecule has 0 spiro atoms. The Balaban J connectivity index is 3.26. The molecule has 0 aromatic rings. The van der Waals surface area contributed by atoms with Gasteiger partial charge in [-0.15, -0.1) is 6.42 Å². The molecule has 0 unspecified atom stereocenters. The molecule has 0 bridgehead atoms. The minimum absolute atomic E-state index is 1.14.